The molecule has 0 radical (unpaired) electrons. The van der Waals surface area contributed by atoms with E-state index in [2.05, 4.69) is 152 Å². The van der Waals surface area contributed by atoms with Gasteiger partial charge in [0.15, 0.2) is 17.5 Å². The first kappa shape index (κ1) is 30.5. The predicted molar refractivity (Wildman–Crippen MR) is 219 cm³/mol. The third-order valence-electron chi connectivity index (χ3n) is 9.37. The van der Waals surface area contributed by atoms with Gasteiger partial charge in [-0.25, -0.2) is 19.9 Å². The van der Waals surface area contributed by atoms with E-state index >= 15 is 0 Å². The second-order valence-corrected chi connectivity index (χ2v) is 14.7. The van der Waals surface area contributed by atoms with Gasteiger partial charge < -0.3 is 0 Å². The summed E-state index contributed by atoms with van der Waals surface area (Å²) >= 11 is 3.47. The molecule has 0 aliphatic carbocycles. The maximum absolute atomic E-state index is 5.33. The number of nitrogens with zero attached hydrogens (tertiary/aromatic N) is 4. The molecule has 7 aromatic carbocycles. The quantitative estimate of drug-likeness (QED) is 0.173. The molecule has 0 N–H and O–H groups in total. The number of fused-ring (bicyclic) bond motifs is 4. The maximum Gasteiger partial charge on any atom is 0.166 e. The molecule has 0 saturated carbocycles. The van der Waals surface area contributed by atoms with E-state index in [-0.39, 0.29) is 0 Å². The average molecular weight is 701 g/mol. The Morgan fingerprint density at radius 3 is 1.56 bits per heavy atom. The summed E-state index contributed by atoms with van der Waals surface area (Å²) in [4.78, 5) is 20.7. The van der Waals surface area contributed by atoms with Crippen LogP contribution in [-0.4, -0.2) is 19.9 Å². The van der Waals surface area contributed by atoms with Crippen LogP contribution < -0.4 is 0 Å². The Labute approximate surface area is 308 Å². The molecule has 6 heteroatoms. The third-order valence-corrected chi connectivity index (χ3v) is 11.7. The highest BCUT2D eigenvalue weighted by molar-refractivity contribution is 7.26. The predicted octanol–water partition coefficient (Wildman–Crippen LogP) is 12.9. The van der Waals surface area contributed by atoms with Crippen LogP contribution >= 0.6 is 22.7 Å². The van der Waals surface area contributed by atoms with E-state index in [0.717, 1.165) is 48.6 Å². The Balaban J connectivity index is 1.16. The van der Waals surface area contributed by atoms with Crippen LogP contribution in [0.3, 0.4) is 0 Å². The molecular formula is C46H28N4S2. The molecule has 0 atom stereocenters. The van der Waals surface area contributed by atoms with Crippen molar-refractivity contribution >= 4 is 53.1 Å². The van der Waals surface area contributed by atoms with Gasteiger partial charge in [-0.15, -0.1) is 22.7 Å². The highest BCUT2D eigenvalue weighted by atomic mass is 32.1. The number of hydrogen-bond donors (Lipinski definition) is 0. The number of para-hydroxylation sites is 1. The van der Waals surface area contributed by atoms with E-state index in [9.17, 15) is 0 Å². The lowest BCUT2D eigenvalue weighted by atomic mass is 9.96. The Morgan fingerprint density at radius 2 is 0.846 bits per heavy atom. The SMILES string of the molecule is c1ccc(-c2cc(-c3ccccc3)cc(-c3nc4c(-c5nc(-c6ccccc6)nc(-c6cccc7c6sc6ccccc67)n5)cccc4s3)c2)cc1. The minimum absolute atomic E-state index is 0.604. The standard InChI is InChI=1S/C46H28N4S2/c1-4-14-29(15-5-1)32-26-33(30-16-6-2-7-17-30)28-34(27-32)46-47-41-37(22-13-25-40(41)52-46)44-48-43(31-18-8-3-9-19-31)49-45(50-44)38-23-12-21-36-35-20-10-11-24-39(35)51-42(36)38/h1-28H. The Kier molecular flexibility index (Phi) is 7.48. The second-order valence-electron chi connectivity index (χ2n) is 12.7. The average Bonchev–Trinajstić information content (AvgIpc) is 3.84. The summed E-state index contributed by atoms with van der Waals surface area (Å²) in [6, 6.07) is 59.3. The molecule has 4 nitrogen and oxygen atoms in total. The van der Waals surface area contributed by atoms with Crippen LogP contribution in [0.15, 0.2) is 170 Å². The molecule has 0 amide bonds. The van der Waals surface area contributed by atoms with Crippen LogP contribution in [0.4, 0.5) is 0 Å². The van der Waals surface area contributed by atoms with Crippen molar-refractivity contribution in [3.05, 3.63) is 170 Å². The Bertz CT molecular complexity index is 2840. The molecule has 3 aromatic heterocycles. The lowest BCUT2D eigenvalue weighted by Crippen LogP contribution is -2.00. The van der Waals surface area contributed by atoms with Crippen molar-refractivity contribution in [2.45, 2.75) is 0 Å². The van der Waals surface area contributed by atoms with Gasteiger partial charge in [-0.2, -0.15) is 0 Å². The lowest BCUT2D eigenvalue weighted by Gasteiger charge is -2.10. The molecule has 0 spiro atoms. The van der Waals surface area contributed by atoms with Crippen molar-refractivity contribution in [3.63, 3.8) is 0 Å². The molecule has 0 fully saturated rings. The number of aromatic nitrogens is 4. The molecular weight excluding hydrogens is 673 g/mol. The molecule has 0 aliphatic heterocycles. The summed E-state index contributed by atoms with van der Waals surface area (Å²) in [6.07, 6.45) is 0. The number of rotatable bonds is 6. The fourth-order valence-electron chi connectivity index (χ4n) is 6.85. The summed E-state index contributed by atoms with van der Waals surface area (Å²) < 4.78 is 3.49. The van der Waals surface area contributed by atoms with Gasteiger partial charge in [-0.05, 0) is 64.7 Å². The third kappa shape index (κ3) is 5.46. The van der Waals surface area contributed by atoms with Crippen LogP contribution in [-0.2, 0) is 0 Å². The van der Waals surface area contributed by atoms with Crippen molar-refractivity contribution in [3.8, 4) is 67.0 Å². The van der Waals surface area contributed by atoms with Gasteiger partial charge in [0.1, 0.15) is 5.01 Å². The van der Waals surface area contributed by atoms with Crippen LogP contribution in [0.1, 0.15) is 0 Å². The zero-order valence-corrected chi connectivity index (χ0v) is 29.4. The van der Waals surface area contributed by atoms with Crippen molar-refractivity contribution in [2.75, 3.05) is 0 Å². The van der Waals surface area contributed by atoms with Crippen LogP contribution in [0.5, 0.6) is 0 Å². The Morgan fingerprint density at radius 1 is 0.327 bits per heavy atom. The molecule has 52 heavy (non-hydrogen) atoms. The van der Waals surface area contributed by atoms with Crippen molar-refractivity contribution < 1.29 is 0 Å². The smallest absolute Gasteiger partial charge is 0.166 e. The van der Waals surface area contributed by atoms with E-state index in [4.69, 9.17) is 19.9 Å². The van der Waals surface area contributed by atoms with Gasteiger partial charge in [0.05, 0.1) is 10.2 Å². The molecule has 244 valence electrons. The molecule has 10 aromatic rings. The van der Waals surface area contributed by atoms with Gasteiger partial charge in [0.2, 0.25) is 0 Å². The summed E-state index contributed by atoms with van der Waals surface area (Å²) in [5.74, 6) is 1.89. The van der Waals surface area contributed by atoms with E-state index < -0.39 is 0 Å². The molecule has 0 unspecified atom stereocenters. The normalized spacial score (nSPS) is 11.5. The van der Waals surface area contributed by atoms with E-state index in [1.807, 2.05) is 18.2 Å². The lowest BCUT2D eigenvalue weighted by molar-refractivity contribution is 1.08. The molecule has 3 heterocycles. The minimum Gasteiger partial charge on any atom is -0.235 e. The van der Waals surface area contributed by atoms with Crippen LogP contribution in [0.25, 0.3) is 97.4 Å². The first-order valence-corrected chi connectivity index (χ1v) is 18.8. The monoisotopic (exact) mass is 700 g/mol. The highest BCUT2D eigenvalue weighted by Crippen LogP contribution is 2.41. The first-order chi connectivity index (χ1) is 25.7. The highest BCUT2D eigenvalue weighted by Gasteiger charge is 2.20. The zero-order valence-electron chi connectivity index (χ0n) is 27.8. The minimum atomic E-state index is 0.604. The van der Waals surface area contributed by atoms with E-state index in [1.54, 1.807) is 22.7 Å². The van der Waals surface area contributed by atoms with E-state index in [1.165, 1.54) is 31.3 Å². The number of thiophene rings is 1. The topological polar surface area (TPSA) is 51.6 Å². The van der Waals surface area contributed by atoms with Gasteiger partial charge in [-0.3, -0.25) is 0 Å². The fourth-order valence-corrected chi connectivity index (χ4v) is 9.05. The summed E-state index contributed by atoms with van der Waals surface area (Å²) in [5, 5.41) is 3.40. The molecule has 10 rings (SSSR count). The molecule has 0 saturated heterocycles. The van der Waals surface area contributed by atoms with Crippen LogP contribution in [0.2, 0.25) is 0 Å². The second kappa shape index (κ2) is 12.8. The van der Waals surface area contributed by atoms with E-state index in [0.29, 0.717) is 17.5 Å². The first-order valence-electron chi connectivity index (χ1n) is 17.1. The zero-order chi connectivity index (χ0) is 34.4. The number of benzene rings is 7. The number of thiazole rings is 1. The Hall–Kier alpha value is -6.34. The maximum atomic E-state index is 5.33. The molecule has 0 bridgehead atoms. The van der Waals surface area contributed by atoms with Crippen molar-refractivity contribution in [2.24, 2.45) is 0 Å². The van der Waals surface area contributed by atoms with Crippen LogP contribution in [0, 0.1) is 0 Å². The largest absolute Gasteiger partial charge is 0.235 e. The summed E-state index contributed by atoms with van der Waals surface area (Å²) in [7, 11) is 0. The van der Waals surface area contributed by atoms with Gasteiger partial charge >= 0.3 is 0 Å². The fraction of sp³-hybridized carbons (Fsp3) is 0. The van der Waals surface area contributed by atoms with Gasteiger partial charge in [0.25, 0.3) is 0 Å². The van der Waals surface area contributed by atoms with Crippen molar-refractivity contribution in [1.29, 1.82) is 0 Å². The number of hydrogen-bond acceptors (Lipinski definition) is 6. The summed E-state index contributed by atoms with van der Waals surface area (Å²) in [5.41, 5.74) is 9.42. The van der Waals surface area contributed by atoms with Crippen molar-refractivity contribution in [1.82, 2.24) is 19.9 Å². The van der Waals surface area contributed by atoms with Gasteiger partial charge in [0, 0.05) is 42.4 Å². The van der Waals surface area contributed by atoms with Gasteiger partial charge in [-0.1, -0.05) is 127 Å². The summed E-state index contributed by atoms with van der Waals surface area (Å²) in [6.45, 7) is 0. The molecule has 0 aliphatic rings.